The van der Waals surface area contributed by atoms with Crippen LogP contribution < -0.4 is 49.5 Å². The van der Waals surface area contributed by atoms with Gasteiger partial charge >= 0.3 is 17.9 Å². The van der Waals surface area contributed by atoms with Gasteiger partial charge in [0.25, 0.3) is 0 Å². The van der Waals surface area contributed by atoms with Crippen LogP contribution in [0.2, 0.25) is 0 Å². The standard InChI is InChI=1S/C36H63N11O13/c1-18(2)16-24(35(59)60)45-32(56)25-10-7-15-47(25)34(58)22(9-6-14-41-36(39)40)43-30(54)21(11-12-26(49)50)42-33(57)28(19(3)48)46-31(55)23(17-27(51)52)44-29(53)20(38)8-4-5-13-37/h18-25,28,48H,4-17,37-38H2,1-3H3,(H,42,57)(H,43,54)(H,44,53)(H,45,56)(H,46,55)(H,49,50)(H,51,52)(H,59,60)(H4,39,40,41)/t19-,20+,21+,22+,23+,24+,25+,28+/m1/s1. The molecule has 0 aromatic carbocycles. The number of aliphatic imine (C=N–C) groups is 1. The second kappa shape index (κ2) is 26.5. The highest BCUT2D eigenvalue weighted by molar-refractivity contribution is 5.98. The molecule has 8 atom stereocenters. The molecule has 60 heavy (non-hydrogen) atoms. The number of likely N-dealkylation sites (tertiary alicyclic amines) is 1. The van der Waals surface area contributed by atoms with Crippen LogP contribution in [0.4, 0.5) is 0 Å². The van der Waals surface area contributed by atoms with E-state index in [9.17, 15) is 63.6 Å². The van der Waals surface area contributed by atoms with Gasteiger partial charge in [0.2, 0.25) is 35.4 Å². The first-order valence-corrected chi connectivity index (χ1v) is 19.8. The Kier molecular flexibility index (Phi) is 23.1. The summed E-state index contributed by atoms with van der Waals surface area (Å²) in [4.78, 5) is 121. The lowest BCUT2D eigenvalue weighted by Crippen LogP contribution is -2.61. The molecule has 0 radical (unpaired) electrons. The van der Waals surface area contributed by atoms with E-state index in [2.05, 4.69) is 31.6 Å². The van der Waals surface area contributed by atoms with Crippen molar-refractivity contribution >= 4 is 59.3 Å². The Balaban J connectivity index is 3.37. The van der Waals surface area contributed by atoms with Crippen LogP contribution in [0.15, 0.2) is 4.99 Å². The largest absolute Gasteiger partial charge is 0.481 e. The van der Waals surface area contributed by atoms with Gasteiger partial charge in [-0.25, -0.2) is 4.79 Å². The van der Waals surface area contributed by atoms with Gasteiger partial charge in [-0.1, -0.05) is 20.3 Å². The van der Waals surface area contributed by atoms with Gasteiger partial charge in [-0.2, -0.15) is 0 Å². The number of rotatable bonds is 28. The summed E-state index contributed by atoms with van der Waals surface area (Å²) in [5.41, 5.74) is 22.2. The predicted octanol–water partition coefficient (Wildman–Crippen LogP) is -4.24. The number of nitrogens with zero attached hydrogens (tertiary/aromatic N) is 2. The average Bonchev–Trinajstić information content (AvgIpc) is 3.65. The van der Waals surface area contributed by atoms with Crippen LogP contribution in [0.25, 0.3) is 0 Å². The number of aliphatic carboxylic acids is 3. The van der Waals surface area contributed by atoms with Crippen molar-refractivity contribution in [1.29, 1.82) is 0 Å². The van der Waals surface area contributed by atoms with Gasteiger partial charge in [-0.3, -0.25) is 43.3 Å². The minimum Gasteiger partial charge on any atom is -0.481 e. The normalized spacial score (nSPS) is 17.1. The van der Waals surface area contributed by atoms with Crippen molar-refractivity contribution in [2.24, 2.45) is 33.8 Å². The summed E-state index contributed by atoms with van der Waals surface area (Å²) in [6.45, 7) is 5.07. The maximum atomic E-state index is 14.1. The maximum absolute atomic E-state index is 14.1. The van der Waals surface area contributed by atoms with Gasteiger partial charge in [0.1, 0.15) is 36.3 Å². The number of aliphatic hydroxyl groups is 1. The molecule has 0 spiro atoms. The summed E-state index contributed by atoms with van der Waals surface area (Å²) in [6, 6.07) is -10.2. The molecular formula is C36H63N11O13. The van der Waals surface area contributed by atoms with E-state index in [-0.39, 0.29) is 57.1 Å². The summed E-state index contributed by atoms with van der Waals surface area (Å²) in [6.07, 6.45) is -2.00. The fourth-order valence-electron chi connectivity index (χ4n) is 6.26. The SMILES string of the molecule is CC(C)C[C@H](NC(=O)[C@@H]1CCCN1C(=O)[C@H](CCCN=C(N)N)NC(=O)[C@H](CCC(=O)O)NC(=O)[C@@H](NC(=O)[C@H](CC(=O)O)NC(=O)[C@@H](N)CCCCN)[C@@H](C)O)C(=O)O. The zero-order valence-corrected chi connectivity index (χ0v) is 34.3. The van der Waals surface area contributed by atoms with E-state index in [1.54, 1.807) is 13.8 Å². The smallest absolute Gasteiger partial charge is 0.326 e. The zero-order valence-electron chi connectivity index (χ0n) is 34.3. The van der Waals surface area contributed by atoms with E-state index in [0.29, 0.717) is 25.8 Å². The lowest BCUT2D eigenvalue weighted by molar-refractivity contribution is -0.145. The molecule has 0 saturated carbocycles. The van der Waals surface area contributed by atoms with Crippen LogP contribution in [0, 0.1) is 5.92 Å². The number of amides is 6. The summed E-state index contributed by atoms with van der Waals surface area (Å²) < 4.78 is 0. The molecule has 1 fully saturated rings. The van der Waals surface area contributed by atoms with Gasteiger partial charge in [-0.05, 0) is 70.8 Å². The molecule has 0 aromatic heterocycles. The minimum atomic E-state index is -1.88. The van der Waals surface area contributed by atoms with E-state index in [0.717, 1.165) is 6.92 Å². The van der Waals surface area contributed by atoms with Crippen molar-refractivity contribution in [3.05, 3.63) is 0 Å². The molecule has 340 valence electrons. The minimum absolute atomic E-state index is 0.0138. The second-order valence-electron chi connectivity index (χ2n) is 15.0. The molecule has 1 saturated heterocycles. The lowest BCUT2D eigenvalue weighted by Gasteiger charge is -2.31. The Morgan fingerprint density at radius 3 is 1.90 bits per heavy atom. The van der Waals surface area contributed by atoms with Crippen molar-refractivity contribution in [1.82, 2.24) is 31.5 Å². The highest BCUT2D eigenvalue weighted by Crippen LogP contribution is 2.21. The Hall–Kier alpha value is -5.62. The lowest BCUT2D eigenvalue weighted by atomic mass is 10.0. The number of hydrogen-bond acceptors (Lipinski definition) is 13. The monoisotopic (exact) mass is 857 g/mol. The quantitative estimate of drug-likeness (QED) is 0.0201. The molecule has 24 heteroatoms. The molecule has 6 amide bonds. The number of hydrogen-bond donors (Lipinski definition) is 13. The summed E-state index contributed by atoms with van der Waals surface area (Å²) in [5, 5.41) is 50.6. The second-order valence-corrected chi connectivity index (χ2v) is 15.0. The number of carbonyl (C=O) groups is 9. The van der Waals surface area contributed by atoms with Crippen molar-refractivity contribution < 1.29 is 63.6 Å². The maximum Gasteiger partial charge on any atom is 0.326 e. The fraction of sp³-hybridized carbons (Fsp3) is 0.722. The van der Waals surface area contributed by atoms with Gasteiger partial charge in [0.05, 0.1) is 18.6 Å². The Bertz CT molecular complexity index is 1540. The third kappa shape index (κ3) is 19.0. The molecular weight excluding hydrogens is 794 g/mol. The van der Waals surface area contributed by atoms with Crippen molar-refractivity contribution in [2.45, 2.75) is 140 Å². The Morgan fingerprint density at radius 1 is 0.733 bits per heavy atom. The molecule has 1 aliphatic heterocycles. The summed E-state index contributed by atoms with van der Waals surface area (Å²) in [5.74, 6) is -10.3. The number of carboxylic acids is 3. The van der Waals surface area contributed by atoms with Gasteiger partial charge < -0.3 is 74.8 Å². The number of nitrogens with one attached hydrogen (secondary N) is 5. The first kappa shape index (κ1) is 52.4. The highest BCUT2D eigenvalue weighted by atomic mass is 16.4. The first-order chi connectivity index (χ1) is 28.1. The van der Waals surface area contributed by atoms with Crippen LogP contribution in [0.5, 0.6) is 0 Å². The summed E-state index contributed by atoms with van der Waals surface area (Å²) >= 11 is 0. The number of aliphatic hydroxyl groups excluding tert-OH is 1. The van der Waals surface area contributed by atoms with Gasteiger partial charge in [-0.15, -0.1) is 0 Å². The van der Waals surface area contributed by atoms with Crippen LogP contribution in [-0.4, -0.2) is 153 Å². The van der Waals surface area contributed by atoms with E-state index in [1.165, 1.54) is 4.90 Å². The molecule has 0 unspecified atom stereocenters. The highest BCUT2D eigenvalue weighted by Gasteiger charge is 2.40. The molecule has 1 aliphatic rings. The van der Waals surface area contributed by atoms with Gasteiger partial charge in [0.15, 0.2) is 5.96 Å². The molecule has 0 bridgehead atoms. The molecule has 1 heterocycles. The molecule has 1 rings (SSSR count). The number of carbonyl (C=O) groups excluding carboxylic acids is 6. The molecule has 17 N–H and O–H groups in total. The van der Waals surface area contributed by atoms with E-state index >= 15 is 0 Å². The first-order valence-electron chi connectivity index (χ1n) is 19.8. The van der Waals surface area contributed by atoms with E-state index in [1.807, 2.05) is 0 Å². The van der Waals surface area contributed by atoms with Crippen LogP contribution >= 0.6 is 0 Å². The number of nitrogens with two attached hydrogens (primary N) is 4. The van der Waals surface area contributed by atoms with Crippen molar-refractivity contribution in [2.75, 3.05) is 19.6 Å². The predicted molar refractivity (Wildman–Crippen MR) is 213 cm³/mol. The number of unbranched alkanes of at least 4 members (excludes halogenated alkanes) is 1. The van der Waals surface area contributed by atoms with E-state index in [4.69, 9.17) is 22.9 Å². The molecule has 0 aromatic rings. The van der Waals surface area contributed by atoms with Crippen molar-refractivity contribution in [3.8, 4) is 0 Å². The number of carboxylic acid groups (broad SMARTS) is 3. The Morgan fingerprint density at radius 2 is 1.35 bits per heavy atom. The average molecular weight is 858 g/mol. The fourth-order valence-corrected chi connectivity index (χ4v) is 6.26. The topological polar surface area (TPSA) is 414 Å². The van der Waals surface area contributed by atoms with E-state index < -0.39 is 121 Å². The Labute approximate surface area is 347 Å². The van der Waals surface area contributed by atoms with Crippen molar-refractivity contribution in [3.63, 3.8) is 0 Å². The molecule has 24 nitrogen and oxygen atoms in total. The third-order valence-electron chi connectivity index (χ3n) is 9.38. The molecule has 0 aliphatic carbocycles. The summed E-state index contributed by atoms with van der Waals surface area (Å²) in [7, 11) is 0. The number of guanidine groups is 1. The van der Waals surface area contributed by atoms with Crippen LogP contribution in [0.3, 0.4) is 0 Å². The van der Waals surface area contributed by atoms with Crippen LogP contribution in [-0.2, 0) is 43.2 Å². The van der Waals surface area contributed by atoms with Crippen LogP contribution in [0.1, 0.15) is 91.4 Å². The zero-order chi connectivity index (χ0) is 45.7. The van der Waals surface area contributed by atoms with Gasteiger partial charge in [0, 0.05) is 19.5 Å². The third-order valence-corrected chi connectivity index (χ3v) is 9.38.